The van der Waals surface area contributed by atoms with Crippen LogP contribution in [0.3, 0.4) is 0 Å². The van der Waals surface area contributed by atoms with E-state index in [-0.39, 0.29) is 5.69 Å². The fraction of sp³-hybridized carbons (Fsp3) is 0.105. The third-order valence-electron chi connectivity index (χ3n) is 4.08. The summed E-state index contributed by atoms with van der Waals surface area (Å²) in [6, 6.07) is 14.8. The van der Waals surface area contributed by atoms with Crippen molar-refractivity contribution in [3.05, 3.63) is 88.0 Å². The van der Waals surface area contributed by atoms with Crippen molar-refractivity contribution in [3.63, 3.8) is 0 Å². The first kappa shape index (κ1) is 18.0. The minimum atomic E-state index is -1.23. The molecule has 0 radical (unpaired) electrons. The van der Waals surface area contributed by atoms with Crippen LogP contribution in [-0.2, 0) is 9.59 Å². The van der Waals surface area contributed by atoms with Crippen LogP contribution in [0, 0.1) is 10.1 Å². The molecule has 1 atom stereocenters. The Balaban J connectivity index is 1.97. The maximum absolute atomic E-state index is 12.4. The summed E-state index contributed by atoms with van der Waals surface area (Å²) in [5, 5.41) is 25.3. The minimum absolute atomic E-state index is 0.0676. The van der Waals surface area contributed by atoms with Crippen molar-refractivity contribution in [1.82, 2.24) is 5.01 Å². The molecule has 0 aliphatic carbocycles. The van der Waals surface area contributed by atoms with Gasteiger partial charge in [-0.3, -0.25) is 14.9 Å². The molecule has 27 heavy (non-hydrogen) atoms. The van der Waals surface area contributed by atoms with E-state index in [4.69, 9.17) is 5.11 Å². The SMILES string of the molecule is O=C(O)/C=C\C(=O)N1N=C(c2cccc([N+](=O)[O-])c2)C[C@@H]1c1ccccc1. The Labute approximate surface area is 154 Å². The summed E-state index contributed by atoms with van der Waals surface area (Å²) in [5.41, 5.74) is 1.83. The highest BCUT2D eigenvalue weighted by atomic mass is 16.6. The molecule has 0 unspecified atom stereocenters. The van der Waals surface area contributed by atoms with Crippen molar-refractivity contribution < 1.29 is 19.6 Å². The van der Waals surface area contributed by atoms with Crippen molar-refractivity contribution in [3.8, 4) is 0 Å². The van der Waals surface area contributed by atoms with Gasteiger partial charge in [0.15, 0.2) is 0 Å². The second kappa shape index (κ2) is 7.61. The van der Waals surface area contributed by atoms with Crippen molar-refractivity contribution in [1.29, 1.82) is 0 Å². The van der Waals surface area contributed by atoms with Gasteiger partial charge in [0.2, 0.25) is 0 Å². The molecule has 1 aliphatic heterocycles. The summed E-state index contributed by atoms with van der Waals surface area (Å²) >= 11 is 0. The molecule has 0 aromatic heterocycles. The lowest BCUT2D eigenvalue weighted by Gasteiger charge is -2.20. The van der Waals surface area contributed by atoms with E-state index in [1.807, 2.05) is 30.3 Å². The molecule has 8 heteroatoms. The summed E-state index contributed by atoms with van der Waals surface area (Å²) in [6.07, 6.45) is 2.06. The molecule has 2 aromatic carbocycles. The van der Waals surface area contributed by atoms with E-state index < -0.39 is 22.8 Å². The molecule has 3 rings (SSSR count). The van der Waals surface area contributed by atoms with Gasteiger partial charge in [0.05, 0.1) is 16.7 Å². The van der Waals surface area contributed by atoms with Gasteiger partial charge in [-0.25, -0.2) is 9.80 Å². The number of benzene rings is 2. The Hall–Kier alpha value is -3.81. The van der Waals surface area contributed by atoms with Crippen LogP contribution in [0.4, 0.5) is 5.69 Å². The lowest BCUT2D eigenvalue weighted by molar-refractivity contribution is -0.384. The van der Waals surface area contributed by atoms with Gasteiger partial charge in [-0.2, -0.15) is 5.10 Å². The summed E-state index contributed by atoms with van der Waals surface area (Å²) in [6.45, 7) is 0. The van der Waals surface area contributed by atoms with Gasteiger partial charge in [-0.1, -0.05) is 42.5 Å². The Morgan fingerprint density at radius 2 is 1.89 bits per heavy atom. The molecule has 2 aromatic rings. The fourth-order valence-electron chi connectivity index (χ4n) is 2.84. The molecule has 0 fully saturated rings. The summed E-state index contributed by atoms with van der Waals surface area (Å²) in [5.74, 6) is -1.81. The number of rotatable bonds is 5. The minimum Gasteiger partial charge on any atom is -0.478 e. The third-order valence-corrected chi connectivity index (χ3v) is 4.08. The maximum atomic E-state index is 12.4. The number of hydrogen-bond acceptors (Lipinski definition) is 5. The van der Waals surface area contributed by atoms with Crippen LogP contribution in [0.5, 0.6) is 0 Å². The topological polar surface area (TPSA) is 113 Å². The lowest BCUT2D eigenvalue weighted by Crippen LogP contribution is -2.25. The molecular formula is C19H15N3O5. The number of carbonyl (C=O) groups excluding carboxylic acids is 1. The highest BCUT2D eigenvalue weighted by Crippen LogP contribution is 2.33. The zero-order valence-electron chi connectivity index (χ0n) is 14.1. The van der Waals surface area contributed by atoms with Crippen LogP contribution in [0.2, 0.25) is 0 Å². The van der Waals surface area contributed by atoms with Crippen LogP contribution < -0.4 is 0 Å². The second-order valence-corrected chi connectivity index (χ2v) is 5.84. The number of amides is 1. The Bertz CT molecular complexity index is 953. The molecule has 1 N–H and O–H groups in total. The van der Waals surface area contributed by atoms with Gasteiger partial charge in [0, 0.05) is 36.3 Å². The number of nitrogens with zero attached hydrogens (tertiary/aromatic N) is 3. The number of nitro benzene ring substituents is 1. The van der Waals surface area contributed by atoms with E-state index in [1.165, 1.54) is 17.1 Å². The molecule has 1 amide bonds. The third kappa shape index (κ3) is 4.06. The van der Waals surface area contributed by atoms with Gasteiger partial charge < -0.3 is 5.11 Å². The number of nitro groups is 1. The average Bonchev–Trinajstić information content (AvgIpc) is 3.12. The van der Waals surface area contributed by atoms with Gasteiger partial charge in [0.25, 0.3) is 11.6 Å². The molecule has 0 saturated carbocycles. The number of aliphatic carboxylic acids is 1. The van der Waals surface area contributed by atoms with Crippen LogP contribution in [0.15, 0.2) is 71.9 Å². The number of carbonyl (C=O) groups is 2. The Kier molecular flexibility index (Phi) is 5.07. The first-order chi connectivity index (χ1) is 13.0. The second-order valence-electron chi connectivity index (χ2n) is 5.84. The largest absolute Gasteiger partial charge is 0.478 e. The molecule has 0 spiro atoms. The van der Waals surface area contributed by atoms with E-state index in [9.17, 15) is 19.7 Å². The van der Waals surface area contributed by atoms with Crippen molar-refractivity contribution in [2.75, 3.05) is 0 Å². The number of hydrazone groups is 1. The van der Waals surface area contributed by atoms with Crippen molar-refractivity contribution >= 4 is 23.3 Å². The first-order valence-corrected chi connectivity index (χ1v) is 8.07. The molecule has 8 nitrogen and oxygen atoms in total. The predicted molar refractivity (Wildman–Crippen MR) is 97.1 cm³/mol. The van der Waals surface area contributed by atoms with Gasteiger partial charge in [-0.15, -0.1) is 0 Å². The maximum Gasteiger partial charge on any atom is 0.328 e. The van der Waals surface area contributed by atoms with E-state index in [2.05, 4.69) is 5.10 Å². The van der Waals surface area contributed by atoms with Gasteiger partial charge in [-0.05, 0) is 5.56 Å². The van der Waals surface area contributed by atoms with Crippen LogP contribution in [0.25, 0.3) is 0 Å². The zero-order chi connectivity index (χ0) is 19.4. The number of carboxylic acids is 1. The number of non-ortho nitro benzene ring substituents is 1. The molecular weight excluding hydrogens is 350 g/mol. The zero-order valence-corrected chi connectivity index (χ0v) is 14.1. The van der Waals surface area contributed by atoms with E-state index in [0.29, 0.717) is 17.7 Å². The van der Waals surface area contributed by atoms with E-state index in [1.54, 1.807) is 12.1 Å². The smallest absolute Gasteiger partial charge is 0.328 e. The highest BCUT2D eigenvalue weighted by molar-refractivity contribution is 6.04. The van der Waals surface area contributed by atoms with Gasteiger partial charge >= 0.3 is 5.97 Å². The highest BCUT2D eigenvalue weighted by Gasteiger charge is 2.32. The molecule has 136 valence electrons. The molecule has 1 heterocycles. The fourth-order valence-corrected chi connectivity index (χ4v) is 2.84. The standard InChI is InChI=1S/C19H15N3O5/c23-18(9-10-19(24)25)21-17(13-5-2-1-3-6-13)12-16(20-21)14-7-4-8-15(11-14)22(26)27/h1-11,17H,12H2,(H,24,25)/b10-9-/t17-/m1/s1. The Morgan fingerprint density at radius 1 is 1.15 bits per heavy atom. The number of carboxylic acid groups (broad SMARTS) is 1. The number of hydrogen-bond donors (Lipinski definition) is 1. The van der Waals surface area contributed by atoms with Crippen LogP contribution >= 0.6 is 0 Å². The van der Waals surface area contributed by atoms with E-state index in [0.717, 1.165) is 17.7 Å². The summed E-state index contributed by atoms with van der Waals surface area (Å²) in [4.78, 5) is 33.7. The van der Waals surface area contributed by atoms with Crippen molar-refractivity contribution in [2.45, 2.75) is 12.5 Å². The molecule has 0 bridgehead atoms. The van der Waals surface area contributed by atoms with E-state index >= 15 is 0 Å². The predicted octanol–water partition coefficient (Wildman–Crippen LogP) is 2.91. The molecule has 1 aliphatic rings. The summed E-state index contributed by atoms with van der Waals surface area (Å²) in [7, 11) is 0. The first-order valence-electron chi connectivity index (χ1n) is 8.07. The normalized spacial score (nSPS) is 16.4. The monoisotopic (exact) mass is 365 g/mol. The quantitative estimate of drug-likeness (QED) is 0.497. The average molecular weight is 365 g/mol. The molecule has 0 saturated heterocycles. The van der Waals surface area contributed by atoms with Crippen LogP contribution in [-0.4, -0.2) is 32.6 Å². The van der Waals surface area contributed by atoms with Crippen molar-refractivity contribution in [2.24, 2.45) is 5.10 Å². The van der Waals surface area contributed by atoms with Gasteiger partial charge in [0.1, 0.15) is 0 Å². The summed E-state index contributed by atoms with van der Waals surface area (Å²) < 4.78 is 0. The Morgan fingerprint density at radius 3 is 2.56 bits per heavy atom. The van der Waals surface area contributed by atoms with Crippen LogP contribution in [0.1, 0.15) is 23.6 Å². The lowest BCUT2D eigenvalue weighted by atomic mass is 9.98.